The van der Waals surface area contributed by atoms with Crippen LogP contribution < -0.4 is 5.32 Å². The van der Waals surface area contributed by atoms with E-state index in [2.05, 4.69) is 12.2 Å². The lowest BCUT2D eigenvalue weighted by molar-refractivity contribution is 0.0697. The maximum absolute atomic E-state index is 10.8. The molecule has 0 bridgehead atoms. The van der Waals surface area contributed by atoms with Crippen LogP contribution in [0.2, 0.25) is 0 Å². The van der Waals surface area contributed by atoms with Crippen molar-refractivity contribution >= 4 is 5.97 Å². The Kier molecular flexibility index (Phi) is 5.66. The zero-order chi connectivity index (χ0) is 12.7. The fraction of sp³-hybridized carbons (Fsp3) is 0.462. The highest BCUT2D eigenvalue weighted by Crippen LogP contribution is 2.05. The standard InChI is InChI=1S/C13H19NO3/c1-10(6-7-17-2)14-9-11-4-3-5-12(8-11)13(15)16/h3-5,8,10,14H,6-7,9H2,1-2H3,(H,15,16). The average Bonchev–Trinajstić information content (AvgIpc) is 2.34. The van der Waals surface area contributed by atoms with Gasteiger partial charge in [-0.25, -0.2) is 4.79 Å². The maximum atomic E-state index is 10.8. The van der Waals surface area contributed by atoms with Crippen LogP contribution in [-0.2, 0) is 11.3 Å². The Morgan fingerprint density at radius 1 is 1.53 bits per heavy atom. The van der Waals surface area contributed by atoms with Gasteiger partial charge in [0.05, 0.1) is 5.56 Å². The third-order valence-corrected chi connectivity index (χ3v) is 2.58. The molecule has 0 radical (unpaired) electrons. The Bertz CT molecular complexity index is 365. The van der Waals surface area contributed by atoms with Crippen molar-refractivity contribution in [3.05, 3.63) is 35.4 Å². The Morgan fingerprint density at radius 2 is 2.29 bits per heavy atom. The number of ether oxygens (including phenoxy) is 1. The molecule has 94 valence electrons. The molecule has 0 spiro atoms. The van der Waals surface area contributed by atoms with E-state index in [-0.39, 0.29) is 0 Å². The highest BCUT2D eigenvalue weighted by atomic mass is 16.5. The van der Waals surface area contributed by atoms with Gasteiger partial charge in [-0.1, -0.05) is 12.1 Å². The summed E-state index contributed by atoms with van der Waals surface area (Å²) in [5, 5.41) is 12.2. The lowest BCUT2D eigenvalue weighted by Gasteiger charge is -2.13. The Hall–Kier alpha value is -1.39. The lowest BCUT2D eigenvalue weighted by atomic mass is 10.1. The van der Waals surface area contributed by atoms with Gasteiger partial charge in [-0.2, -0.15) is 0 Å². The predicted molar refractivity (Wildman–Crippen MR) is 66.2 cm³/mol. The zero-order valence-electron chi connectivity index (χ0n) is 10.3. The quantitative estimate of drug-likeness (QED) is 0.760. The van der Waals surface area contributed by atoms with E-state index < -0.39 is 5.97 Å². The molecule has 17 heavy (non-hydrogen) atoms. The molecule has 4 heteroatoms. The maximum Gasteiger partial charge on any atom is 0.335 e. The van der Waals surface area contributed by atoms with Gasteiger partial charge in [0.1, 0.15) is 0 Å². The van der Waals surface area contributed by atoms with Crippen molar-refractivity contribution in [1.29, 1.82) is 0 Å². The summed E-state index contributed by atoms with van der Waals surface area (Å²) in [7, 11) is 1.68. The van der Waals surface area contributed by atoms with Crippen LogP contribution in [0.1, 0.15) is 29.3 Å². The average molecular weight is 237 g/mol. The van der Waals surface area contributed by atoms with Crippen molar-refractivity contribution in [2.45, 2.75) is 25.9 Å². The van der Waals surface area contributed by atoms with Crippen LogP contribution in [0.15, 0.2) is 24.3 Å². The van der Waals surface area contributed by atoms with Gasteiger partial charge in [0.15, 0.2) is 0 Å². The van der Waals surface area contributed by atoms with E-state index in [4.69, 9.17) is 9.84 Å². The van der Waals surface area contributed by atoms with Gasteiger partial charge in [-0.05, 0) is 31.0 Å². The van der Waals surface area contributed by atoms with Crippen molar-refractivity contribution in [2.75, 3.05) is 13.7 Å². The number of benzene rings is 1. The summed E-state index contributed by atoms with van der Waals surface area (Å²) in [4.78, 5) is 10.8. The van der Waals surface area contributed by atoms with Crippen LogP contribution in [0.25, 0.3) is 0 Å². The first-order valence-electron chi connectivity index (χ1n) is 5.68. The largest absolute Gasteiger partial charge is 0.478 e. The first-order chi connectivity index (χ1) is 8.13. The summed E-state index contributed by atoms with van der Waals surface area (Å²) in [6, 6.07) is 7.32. The summed E-state index contributed by atoms with van der Waals surface area (Å²) >= 11 is 0. The summed E-state index contributed by atoms with van der Waals surface area (Å²) in [6.07, 6.45) is 0.940. The molecule has 1 atom stereocenters. The topological polar surface area (TPSA) is 58.6 Å². The molecule has 1 unspecified atom stereocenters. The molecule has 0 aromatic heterocycles. The van der Waals surface area contributed by atoms with E-state index in [9.17, 15) is 4.79 Å². The molecule has 0 fully saturated rings. The first kappa shape index (κ1) is 13.7. The van der Waals surface area contributed by atoms with Crippen molar-refractivity contribution < 1.29 is 14.6 Å². The summed E-state index contributed by atoms with van der Waals surface area (Å²) < 4.78 is 5.00. The molecule has 0 heterocycles. The normalized spacial score (nSPS) is 12.4. The van der Waals surface area contributed by atoms with E-state index in [0.717, 1.165) is 18.6 Å². The fourth-order valence-corrected chi connectivity index (χ4v) is 1.50. The number of hydrogen-bond donors (Lipinski definition) is 2. The minimum atomic E-state index is -0.890. The zero-order valence-corrected chi connectivity index (χ0v) is 10.3. The Morgan fingerprint density at radius 3 is 2.94 bits per heavy atom. The van der Waals surface area contributed by atoms with E-state index in [1.54, 1.807) is 25.3 Å². The summed E-state index contributed by atoms with van der Waals surface area (Å²) in [6.45, 7) is 3.48. The number of carboxylic acids is 1. The highest BCUT2D eigenvalue weighted by Gasteiger charge is 2.04. The van der Waals surface area contributed by atoms with Gasteiger partial charge in [0.2, 0.25) is 0 Å². The number of nitrogens with one attached hydrogen (secondary N) is 1. The molecule has 4 nitrogen and oxygen atoms in total. The third kappa shape index (κ3) is 4.97. The molecule has 0 saturated heterocycles. The molecule has 0 amide bonds. The van der Waals surface area contributed by atoms with Gasteiger partial charge >= 0.3 is 5.97 Å². The minimum Gasteiger partial charge on any atom is -0.478 e. The molecular weight excluding hydrogens is 218 g/mol. The molecule has 0 saturated carbocycles. The van der Waals surface area contributed by atoms with Crippen molar-refractivity contribution in [3.63, 3.8) is 0 Å². The highest BCUT2D eigenvalue weighted by molar-refractivity contribution is 5.87. The number of methoxy groups -OCH3 is 1. The van der Waals surface area contributed by atoms with Crippen LogP contribution >= 0.6 is 0 Å². The predicted octanol–water partition coefficient (Wildman–Crippen LogP) is 1.90. The van der Waals surface area contributed by atoms with E-state index in [1.807, 2.05) is 6.07 Å². The van der Waals surface area contributed by atoms with Crippen LogP contribution in [0, 0.1) is 0 Å². The number of hydrogen-bond acceptors (Lipinski definition) is 3. The van der Waals surface area contributed by atoms with Gasteiger partial charge in [0.25, 0.3) is 0 Å². The molecule has 0 aliphatic carbocycles. The van der Waals surface area contributed by atoms with Crippen LogP contribution in [0.3, 0.4) is 0 Å². The monoisotopic (exact) mass is 237 g/mol. The summed E-state index contributed by atoms with van der Waals surface area (Å²) in [5.41, 5.74) is 1.31. The minimum absolute atomic E-state index is 0.328. The first-order valence-corrected chi connectivity index (χ1v) is 5.68. The molecule has 2 N–H and O–H groups in total. The summed E-state index contributed by atoms with van der Waals surface area (Å²) in [5.74, 6) is -0.890. The lowest BCUT2D eigenvalue weighted by Crippen LogP contribution is -2.26. The Labute approximate surface area is 102 Å². The van der Waals surface area contributed by atoms with Gasteiger partial charge in [-0.3, -0.25) is 0 Å². The van der Waals surface area contributed by atoms with Gasteiger partial charge in [-0.15, -0.1) is 0 Å². The molecule has 1 rings (SSSR count). The third-order valence-electron chi connectivity index (χ3n) is 2.58. The fourth-order valence-electron chi connectivity index (χ4n) is 1.50. The molecule has 0 aliphatic rings. The second-order valence-electron chi connectivity index (χ2n) is 4.07. The number of rotatable bonds is 7. The van der Waals surface area contributed by atoms with Crippen molar-refractivity contribution in [1.82, 2.24) is 5.32 Å². The van der Waals surface area contributed by atoms with Crippen LogP contribution in [0.5, 0.6) is 0 Å². The molecule has 1 aromatic rings. The Balaban J connectivity index is 2.46. The van der Waals surface area contributed by atoms with Crippen molar-refractivity contribution in [2.24, 2.45) is 0 Å². The van der Waals surface area contributed by atoms with E-state index >= 15 is 0 Å². The van der Waals surface area contributed by atoms with Gasteiger partial charge in [0, 0.05) is 26.3 Å². The van der Waals surface area contributed by atoms with Crippen LogP contribution in [0.4, 0.5) is 0 Å². The number of carbonyl (C=O) groups is 1. The second kappa shape index (κ2) is 7.04. The second-order valence-corrected chi connectivity index (χ2v) is 4.07. The molecule has 0 aliphatic heterocycles. The SMILES string of the molecule is COCCC(C)NCc1cccc(C(=O)O)c1. The number of aromatic carboxylic acids is 1. The van der Waals surface area contributed by atoms with E-state index in [1.165, 1.54) is 0 Å². The smallest absolute Gasteiger partial charge is 0.335 e. The molecular formula is C13H19NO3. The van der Waals surface area contributed by atoms with Crippen molar-refractivity contribution in [3.8, 4) is 0 Å². The van der Waals surface area contributed by atoms with Gasteiger partial charge < -0.3 is 15.2 Å². The molecule has 1 aromatic carbocycles. The number of carboxylic acid groups (broad SMARTS) is 1. The van der Waals surface area contributed by atoms with Crippen LogP contribution in [-0.4, -0.2) is 30.8 Å². The van der Waals surface area contributed by atoms with E-state index in [0.29, 0.717) is 18.2 Å².